The van der Waals surface area contributed by atoms with Gasteiger partial charge < -0.3 is 10.5 Å². The van der Waals surface area contributed by atoms with Crippen molar-refractivity contribution in [1.82, 2.24) is 0 Å². The van der Waals surface area contributed by atoms with Crippen molar-refractivity contribution in [2.24, 2.45) is 5.73 Å². The molecule has 0 radical (unpaired) electrons. The third-order valence-electron chi connectivity index (χ3n) is 1.56. The summed E-state index contributed by atoms with van der Waals surface area (Å²) in [4.78, 5) is 21.4. The molecule has 0 saturated heterocycles. The number of carbonyl (C=O) groups excluding carboxylic acids is 2. The quantitative estimate of drug-likeness (QED) is 0.767. The van der Waals surface area contributed by atoms with Crippen LogP contribution in [0.4, 0.5) is 0 Å². The molecule has 0 bridgehead atoms. The van der Waals surface area contributed by atoms with Crippen LogP contribution in [0.3, 0.4) is 0 Å². The first-order valence-corrected chi connectivity index (χ1v) is 4.11. The van der Waals surface area contributed by atoms with Gasteiger partial charge in [-0.1, -0.05) is 6.07 Å². The van der Waals surface area contributed by atoms with Crippen molar-refractivity contribution in [2.45, 2.75) is 6.92 Å². The van der Waals surface area contributed by atoms with E-state index in [1.165, 1.54) is 13.0 Å². The molecule has 1 rings (SSSR count). The van der Waals surface area contributed by atoms with E-state index in [0.717, 1.165) is 0 Å². The van der Waals surface area contributed by atoms with Gasteiger partial charge in [-0.25, -0.2) is 0 Å². The Morgan fingerprint density at radius 1 is 1.43 bits per heavy atom. The summed E-state index contributed by atoms with van der Waals surface area (Å²) in [5.41, 5.74) is 5.44. The maximum absolute atomic E-state index is 10.8. The minimum atomic E-state index is -0.515. The van der Waals surface area contributed by atoms with Gasteiger partial charge >= 0.3 is 0 Å². The highest BCUT2D eigenvalue weighted by molar-refractivity contribution is 5.93. The van der Waals surface area contributed by atoms with Gasteiger partial charge in [0.05, 0.1) is 0 Å². The molecule has 74 valence electrons. The fraction of sp³-hybridized carbons (Fsp3) is 0.200. The van der Waals surface area contributed by atoms with Crippen LogP contribution in [0, 0.1) is 0 Å². The standard InChI is InChI=1S/C10H11NO3/c1-7(12)6-14-9-4-2-3-8(5-9)10(11)13/h2-5H,6H2,1H3,(H2,11,13). The number of rotatable bonds is 4. The van der Waals surface area contributed by atoms with Gasteiger partial charge in [-0.15, -0.1) is 0 Å². The minimum absolute atomic E-state index is 0.00220. The van der Waals surface area contributed by atoms with Gasteiger partial charge in [0.25, 0.3) is 0 Å². The lowest BCUT2D eigenvalue weighted by atomic mass is 10.2. The fourth-order valence-corrected chi connectivity index (χ4v) is 0.924. The van der Waals surface area contributed by atoms with E-state index in [1.54, 1.807) is 18.2 Å². The highest BCUT2D eigenvalue weighted by Gasteiger charge is 2.02. The number of benzene rings is 1. The molecule has 1 aromatic carbocycles. The second kappa shape index (κ2) is 4.41. The van der Waals surface area contributed by atoms with Crippen molar-refractivity contribution in [3.8, 4) is 5.75 Å². The molecule has 0 aliphatic carbocycles. The van der Waals surface area contributed by atoms with E-state index in [0.29, 0.717) is 11.3 Å². The second-order valence-corrected chi connectivity index (χ2v) is 2.88. The van der Waals surface area contributed by atoms with Crippen LogP contribution in [0.5, 0.6) is 5.75 Å². The number of carbonyl (C=O) groups is 2. The summed E-state index contributed by atoms with van der Waals surface area (Å²) in [5, 5.41) is 0. The van der Waals surface area contributed by atoms with Crippen LogP contribution in [-0.4, -0.2) is 18.3 Å². The average Bonchev–Trinajstić information content (AvgIpc) is 2.15. The molecule has 0 aliphatic heterocycles. The fourth-order valence-electron chi connectivity index (χ4n) is 0.924. The molecule has 4 heteroatoms. The number of Topliss-reactive ketones (excluding diaryl/α,β-unsaturated/α-hetero) is 1. The molecular formula is C10H11NO3. The summed E-state index contributed by atoms with van der Waals surface area (Å²) in [6.45, 7) is 1.43. The smallest absolute Gasteiger partial charge is 0.248 e. The lowest BCUT2D eigenvalue weighted by molar-refractivity contribution is -0.118. The number of primary amides is 1. The maximum atomic E-state index is 10.8. The van der Waals surface area contributed by atoms with E-state index < -0.39 is 5.91 Å². The zero-order valence-corrected chi connectivity index (χ0v) is 7.82. The average molecular weight is 193 g/mol. The second-order valence-electron chi connectivity index (χ2n) is 2.88. The molecule has 0 aromatic heterocycles. The van der Waals surface area contributed by atoms with Gasteiger partial charge in [0, 0.05) is 5.56 Å². The van der Waals surface area contributed by atoms with Crippen molar-refractivity contribution >= 4 is 11.7 Å². The Bertz CT molecular complexity index is 360. The van der Waals surface area contributed by atoms with Gasteiger partial charge in [-0.2, -0.15) is 0 Å². The Morgan fingerprint density at radius 2 is 2.14 bits per heavy atom. The molecular weight excluding hydrogens is 182 g/mol. The largest absolute Gasteiger partial charge is 0.486 e. The zero-order chi connectivity index (χ0) is 10.6. The number of ether oxygens (including phenoxy) is 1. The molecule has 1 aromatic rings. The SMILES string of the molecule is CC(=O)COc1cccc(C(N)=O)c1. The molecule has 0 aliphatic rings. The predicted molar refractivity (Wildman–Crippen MR) is 51.1 cm³/mol. The Kier molecular flexibility index (Phi) is 3.23. The number of nitrogens with two attached hydrogens (primary N) is 1. The Morgan fingerprint density at radius 3 is 2.71 bits per heavy atom. The summed E-state index contributed by atoms with van der Waals surface area (Å²) >= 11 is 0. The Hall–Kier alpha value is -1.84. The monoisotopic (exact) mass is 193 g/mol. The van der Waals surface area contributed by atoms with Crippen LogP contribution >= 0.6 is 0 Å². The summed E-state index contributed by atoms with van der Waals surface area (Å²) < 4.78 is 5.10. The first-order chi connectivity index (χ1) is 6.59. The summed E-state index contributed by atoms with van der Waals surface area (Å²) in [7, 11) is 0. The maximum Gasteiger partial charge on any atom is 0.248 e. The molecule has 0 heterocycles. The van der Waals surface area contributed by atoms with Gasteiger partial charge in [-0.05, 0) is 25.1 Å². The third-order valence-corrected chi connectivity index (χ3v) is 1.56. The van der Waals surface area contributed by atoms with Crippen molar-refractivity contribution in [1.29, 1.82) is 0 Å². The van der Waals surface area contributed by atoms with E-state index in [2.05, 4.69) is 0 Å². The van der Waals surface area contributed by atoms with Crippen LogP contribution in [0.1, 0.15) is 17.3 Å². The van der Waals surface area contributed by atoms with Gasteiger partial charge in [0.2, 0.25) is 5.91 Å². The normalized spacial score (nSPS) is 9.50. The molecule has 0 atom stereocenters. The summed E-state index contributed by atoms with van der Waals surface area (Å²) in [6, 6.07) is 6.40. The Labute approximate surface area is 81.7 Å². The van der Waals surface area contributed by atoms with Gasteiger partial charge in [0.15, 0.2) is 5.78 Å². The Balaban J connectivity index is 2.73. The van der Waals surface area contributed by atoms with Crippen molar-refractivity contribution in [3.63, 3.8) is 0 Å². The van der Waals surface area contributed by atoms with Crippen LogP contribution in [0.15, 0.2) is 24.3 Å². The van der Waals surface area contributed by atoms with Crippen molar-refractivity contribution in [2.75, 3.05) is 6.61 Å². The van der Waals surface area contributed by atoms with Crippen molar-refractivity contribution < 1.29 is 14.3 Å². The molecule has 0 unspecified atom stereocenters. The number of hydrogen-bond acceptors (Lipinski definition) is 3. The lowest BCUT2D eigenvalue weighted by Gasteiger charge is -2.04. The van der Waals surface area contributed by atoms with Gasteiger partial charge in [0.1, 0.15) is 12.4 Å². The lowest BCUT2D eigenvalue weighted by Crippen LogP contribution is -2.11. The van der Waals surface area contributed by atoms with Crippen molar-refractivity contribution in [3.05, 3.63) is 29.8 Å². The molecule has 0 fully saturated rings. The van der Waals surface area contributed by atoms with Crippen LogP contribution in [-0.2, 0) is 4.79 Å². The van der Waals surface area contributed by atoms with Crippen LogP contribution < -0.4 is 10.5 Å². The van der Waals surface area contributed by atoms with E-state index in [9.17, 15) is 9.59 Å². The molecule has 1 amide bonds. The van der Waals surface area contributed by atoms with Gasteiger partial charge in [-0.3, -0.25) is 9.59 Å². The number of hydrogen-bond donors (Lipinski definition) is 1. The van der Waals surface area contributed by atoms with E-state index >= 15 is 0 Å². The van der Waals surface area contributed by atoms with E-state index in [-0.39, 0.29) is 12.4 Å². The van der Waals surface area contributed by atoms with Crippen LogP contribution in [0.25, 0.3) is 0 Å². The zero-order valence-electron chi connectivity index (χ0n) is 7.82. The summed E-state index contributed by atoms with van der Waals surface area (Å²) in [5.74, 6) is -0.121. The topological polar surface area (TPSA) is 69.4 Å². The third kappa shape index (κ3) is 2.90. The van der Waals surface area contributed by atoms with E-state index in [4.69, 9.17) is 10.5 Å². The highest BCUT2D eigenvalue weighted by atomic mass is 16.5. The molecule has 14 heavy (non-hydrogen) atoms. The minimum Gasteiger partial charge on any atom is -0.486 e. The molecule has 0 spiro atoms. The first-order valence-electron chi connectivity index (χ1n) is 4.11. The predicted octanol–water partition coefficient (Wildman–Crippen LogP) is 0.753. The molecule has 0 saturated carbocycles. The first kappa shape index (κ1) is 10.2. The summed E-state index contributed by atoms with van der Waals surface area (Å²) in [6.07, 6.45) is 0. The number of ketones is 1. The molecule has 4 nitrogen and oxygen atoms in total. The highest BCUT2D eigenvalue weighted by Crippen LogP contribution is 2.12. The van der Waals surface area contributed by atoms with E-state index in [1.807, 2.05) is 0 Å². The molecule has 2 N–H and O–H groups in total. The van der Waals surface area contributed by atoms with Crippen LogP contribution in [0.2, 0.25) is 0 Å². The number of amides is 1.